The lowest BCUT2D eigenvalue weighted by Crippen LogP contribution is -2.47. The quantitative estimate of drug-likeness (QED) is 0.806. The lowest BCUT2D eigenvalue weighted by atomic mass is 9.81. The Morgan fingerprint density at radius 2 is 1.88 bits per heavy atom. The van der Waals surface area contributed by atoms with Gasteiger partial charge in [0.1, 0.15) is 0 Å². The molecule has 7 heteroatoms. The van der Waals surface area contributed by atoms with E-state index in [-0.39, 0.29) is 37.0 Å². The van der Waals surface area contributed by atoms with Crippen molar-refractivity contribution in [2.24, 2.45) is 11.3 Å². The van der Waals surface area contributed by atoms with Crippen LogP contribution in [0, 0.1) is 11.3 Å². The second-order valence-corrected chi connectivity index (χ2v) is 7.89. The number of nitrogens with zero attached hydrogens (tertiary/aromatic N) is 2. The highest BCUT2D eigenvalue weighted by molar-refractivity contribution is 5.85. The van der Waals surface area contributed by atoms with Gasteiger partial charge in [-0.2, -0.15) is 0 Å². The lowest BCUT2D eigenvalue weighted by molar-refractivity contribution is -0.149. The Kier molecular flexibility index (Phi) is 5.20. The molecule has 2 saturated carbocycles. The van der Waals surface area contributed by atoms with Gasteiger partial charge in [0.05, 0.1) is 12.0 Å². The van der Waals surface area contributed by atoms with E-state index in [1.807, 2.05) is 7.05 Å². The van der Waals surface area contributed by atoms with Gasteiger partial charge in [-0.05, 0) is 31.6 Å². The van der Waals surface area contributed by atoms with Crippen molar-refractivity contribution < 1.29 is 19.5 Å². The molecule has 3 amide bonds. The Hall–Kier alpha value is -1.79. The van der Waals surface area contributed by atoms with Gasteiger partial charge in [-0.1, -0.05) is 25.7 Å². The van der Waals surface area contributed by atoms with Crippen LogP contribution in [0.5, 0.6) is 0 Å². The van der Waals surface area contributed by atoms with Crippen LogP contribution in [0.4, 0.5) is 4.79 Å². The van der Waals surface area contributed by atoms with Gasteiger partial charge in [0.25, 0.3) is 0 Å². The zero-order valence-electron chi connectivity index (χ0n) is 15.0. The monoisotopic (exact) mass is 351 g/mol. The SMILES string of the molecule is CN(C(=O)CNC(=O)N1C[C@@H]2CCC[C@@]2(C(=O)O)C1)C1CCCCC1. The Morgan fingerprint density at radius 1 is 1.16 bits per heavy atom. The fraction of sp³-hybridized carbons (Fsp3) is 0.833. The van der Waals surface area contributed by atoms with Crippen molar-refractivity contribution in [1.29, 1.82) is 0 Å². The maximum atomic E-state index is 12.4. The summed E-state index contributed by atoms with van der Waals surface area (Å²) in [6.45, 7) is 0.712. The number of carboxylic acids is 1. The summed E-state index contributed by atoms with van der Waals surface area (Å²) in [5.74, 6) is -0.831. The van der Waals surface area contributed by atoms with E-state index in [9.17, 15) is 19.5 Å². The van der Waals surface area contributed by atoms with Crippen LogP contribution < -0.4 is 5.32 Å². The van der Waals surface area contributed by atoms with E-state index in [4.69, 9.17) is 0 Å². The maximum Gasteiger partial charge on any atom is 0.317 e. The molecule has 1 aliphatic heterocycles. The molecule has 2 atom stereocenters. The van der Waals surface area contributed by atoms with Crippen LogP contribution in [-0.2, 0) is 9.59 Å². The largest absolute Gasteiger partial charge is 0.481 e. The van der Waals surface area contributed by atoms with Crippen molar-refractivity contribution in [3.8, 4) is 0 Å². The number of hydrogen-bond donors (Lipinski definition) is 2. The summed E-state index contributed by atoms with van der Waals surface area (Å²) in [4.78, 5) is 39.7. The molecule has 1 heterocycles. The van der Waals surface area contributed by atoms with Crippen molar-refractivity contribution in [3.05, 3.63) is 0 Å². The Morgan fingerprint density at radius 3 is 2.52 bits per heavy atom. The van der Waals surface area contributed by atoms with E-state index in [0.29, 0.717) is 13.0 Å². The molecule has 0 bridgehead atoms. The second kappa shape index (κ2) is 7.22. The second-order valence-electron chi connectivity index (χ2n) is 7.89. The van der Waals surface area contributed by atoms with E-state index in [1.54, 1.807) is 9.80 Å². The highest BCUT2D eigenvalue weighted by Crippen LogP contribution is 2.48. The summed E-state index contributed by atoms with van der Waals surface area (Å²) in [6, 6.07) is -0.0417. The number of urea groups is 1. The molecule has 7 nitrogen and oxygen atoms in total. The summed E-state index contributed by atoms with van der Waals surface area (Å²) in [5, 5.41) is 12.3. The molecule has 0 radical (unpaired) electrons. The third-order valence-corrected chi connectivity index (χ3v) is 6.49. The van der Waals surface area contributed by atoms with Crippen molar-refractivity contribution in [2.75, 3.05) is 26.7 Å². The van der Waals surface area contributed by atoms with Gasteiger partial charge in [0.15, 0.2) is 0 Å². The molecule has 0 unspecified atom stereocenters. The smallest absolute Gasteiger partial charge is 0.317 e. The van der Waals surface area contributed by atoms with Crippen LogP contribution in [0.3, 0.4) is 0 Å². The van der Waals surface area contributed by atoms with Crippen LogP contribution in [0.15, 0.2) is 0 Å². The number of fused-ring (bicyclic) bond motifs is 1. The number of carboxylic acid groups (broad SMARTS) is 1. The molecular formula is C18H29N3O4. The van der Waals surface area contributed by atoms with E-state index in [2.05, 4.69) is 5.32 Å². The first-order valence-corrected chi connectivity index (χ1v) is 9.46. The summed E-state index contributed by atoms with van der Waals surface area (Å²) >= 11 is 0. The molecule has 0 aromatic heterocycles. The average molecular weight is 351 g/mol. The number of carbonyl (C=O) groups excluding carboxylic acids is 2. The minimum Gasteiger partial charge on any atom is -0.481 e. The first kappa shape index (κ1) is 18.0. The van der Waals surface area contributed by atoms with E-state index < -0.39 is 11.4 Å². The van der Waals surface area contributed by atoms with Crippen molar-refractivity contribution in [1.82, 2.24) is 15.1 Å². The van der Waals surface area contributed by atoms with Gasteiger partial charge in [0.2, 0.25) is 5.91 Å². The molecule has 2 N–H and O–H groups in total. The van der Waals surface area contributed by atoms with Gasteiger partial charge in [-0.25, -0.2) is 4.79 Å². The van der Waals surface area contributed by atoms with Crippen molar-refractivity contribution >= 4 is 17.9 Å². The summed E-state index contributed by atoms with van der Waals surface area (Å²) in [5.41, 5.74) is -0.778. The Bertz CT molecular complexity index is 546. The normalized spacial score (nSPS) is 29.3. The maximum absolute atomic E-state index is 12.4. The first-order valence-electron chi connectivity index (χ1n) is 9.46. The number of carbonyl (C=O) groups is 3. The lowest BCUT2D eigenvalue weighted by Gasteiger charge is -2.31. The molecule has 3 aliphatic rings. The minimum absolute atomic E-state index is 0.0208. The third-order valence-electron chi connectivity index (χ3n) is 6.49. The minimum atomic E-state index is -0.793. The Balaban J connectivity index is 1.50. The molecule has 1 saturated heterocycles. The summed E-state index contributed by atoms with van der Waals surface area (Å²) in [7, 11) is 1.81. The zero-order valence-corrected chi connectivity index (χ0v) is 15.0. The van der Waals surface area contributed by atoms with Crippen LogP contribution in [0.25, 0.3) is 0 Å². The van der Waals surface area contributed by atoms with Crippen LogP contribution in [0.1, 0.15) is 51.4 Å². The van der Waals surface area contributed by atoms with E-state index in [0.717, 1.165) is 38.5 Å². The third kappa shape index (κ3) is 3.46. The van der Waals surface area contributed by atoms with Crippen molar-refractivity contribution in [2.45, 2.75) is 57.4 Å². The van der Waals surface area contributed by atoms with Gasteiger partial charge in [-0.15, -0.1) is 0 Å². The van der Waals surface area contributed by atoms with Gasteiger partial charge in [-0.3, -0.25) is 9.59 Å². The molecule has 25 heavy (non-hydrogen) atoms. The molecule has 0 aromatic rings. The number of aliphatic carboxylic acids is 1. The molecule has 0 spiro atoms. The molecular weight excluding hydrogens is 322 g/mol. The predicted octanol–water partition coefficient (Wildman–Crippen LogP) is 1.67. The molecule has 2 aliphatic carbocycles. The highest BCUT2D eigenvalue weighted by atomic mass is 16.4. The zero-order chi connectivity index (χ0) is 18.0. The van der Waals surface area contributed by atoms with Gasteiger partial charge >= 0.3 is 12.0 Å². The number of rotatable bonds is 4. The average Bonchev–Trinajstić information content (AvgIpc) is 3.18. The standard InChI is InChI=1S/C18H29N3O4/c1-20(14-7-3-2-4-8-14)15(22)10-19-17(25)21-11-13-6-5-9-18(13,12-21)16(23)24/h13-14H,2-12H2,1H3,(H,19,25)(H,23,24)/t13-,18+/m0/s1. The van der Waals surface area contributed by atoms with Gasteiger partial charge in [0, 0.05) is 26.2 Å². The topological polar surface area (TPSA) is 90.0 Å². The molecule has 140 valence electrons. The number of amides is 3. The first-order chi connectivity index (χ1) is 11.9. The highest BCUT2D eigenvalue weighted by Gasteiger charge is 2.55. The fourth-order valence-corrected chi connectivity index (χ4v) is 4.85. The Labute approximate surface area is 148 Å². The number of likely N-dealkylation sites (tertiary alicyclic amines) is 1. The van der Waals surface area contributed by atoms with E-state index >= 15 is 0 Å². The van der Waals surface area contributed by atoms with Crippen molar-refractivity contribution in [3.63, 3.8) is 0 Å². The summed E-state index contributed by atoms with van der Waals surface area (Å²) < 4.78 is 0. The van der Waals surface area contributed by atoms with Crippen LogP contribution >= 0.6 is 0 Å². The molecule has 3 fully saturated rings. The summed E-state index contributed by atoms with van der Waals surface area (Å²) in [6.07, 6.45) is 8.02. The van der Waals surface area contributed by atoms with Crippen LogP contribution in [0.2, 0.25) is 0 Å². The fourth-order valence-electron chi connectivity index (χ4n) is 4.85. The van der Waals surface area contributed by atoms with Gasteiger partial charge < -0.3 is 20.2 Å². The molecule has 0 aromatic carbocycles. The van der Waals surface area contributed by atoms with Crippen LogP contribution in [-0.4, -0.2) is 65.5 Å². The number of likely N-dealkylation sites (N-methyl/N-ethyl adjacent to an activating group) is 1. The van der Waals surface area contributed by atoms with E-state index in [1.165, 1.54) is 6.42 Å². The number of hydrogen-bond acceptors (Lipinski definition) is 3. The molecule has 3 rings (SSSR count). The number of nitrogens with one attached hydrogen (secondary N) is 1. The predicted molar refractivity (Wildman–Crippen MR) is 92.0 cm³/mol.